The van der Waals surface area contributed by atoms with Gasteiger partial charge in [0, 0.05) is 11.4 Å². The maximum absolute atomic E-state index is 12.0. The van der Waals surface area contributed by atoms with Gasteiger partial charge in [0.25, 0.3) is 5.91 Å². The predicted molar refractivity (Wildman–Crippen MR) is 79.9 cm³/mol. The number of carbonyl (C=O) groups excluding carboxylic acids is 1. The Balaban J connectivity index is 1.90. The zero-order chi connectivity index (χ0) is 13.8. The summed E-state index contributed by atoms with van der Waals surface area (Å²) in [6, 6.07) is 5.13. The molecule has 3 nitrogen and oxygen atoms in total. The van der Waals surface area contributed by atoms with Crippen LogP contribution in [0.1, 0.15) is 41.6 Å². The van der Waals surface area contributed by atoms with Crippen LogP contribution in [0.3, 0.4) is 0 Å². The normalized spacial score (nSPS) is 23.1. The number of carbonyl (C=O) groups is 1. The zero-order valence-corrected chi connectivity index (χ0v) is 12.7. The van der Waals surface area contributed by atoms with E-state index in [9.17, 15) is 9.90 Å². The van der Waals surface area contributed by atoms with Crippen LogP contribution in [0.2, 0.25) is 0 Å². The largest absolute Gasteiger partial charge is 0.507 e. The molecule has 0 aliphatic heterocycles. The molecule has 1 aromatic rings. The van der Waals surface area contributed by atoms with Gasteiger partial charge in [-0.25, -0.2) is 0 Å². The lowest BCUT2D eigenvalue weighted by atomic mass is 9.89. The number of amides is 1. The monoisotopic (exact) mass is 325 g/mol. The van der Waals surface area contributed by atoms with Gasteiger partial charge in [-0.1, -0.05) is 28.4 Å². The molecule has 0 bridgehead atoms. The number of nitrogens with one attached hydrogen (secondary N) is 1. The van der Waals surface area contributed by atoms with Gasteiger partial charge >= 0.3 is 0 Å². The van der Waals surface area contributed by atoms with Gasteiger partial charge in [-0.15, -0.1) is 0 Å². The van der Waals surface area contributed by atoms with Crippen molar-refractivity contribution in [3.63, 3.8) is 0 Å². The highest BCUT2D eigenvalue weighted by molar-refractivity contribution is 9.09. The molecule has 1 fully saturated rings. The van der Waals surface area contributed by atoms with Gasteiger partial charge in [0.05, 0.1) is 5.56 Å². The molecule has 1 aliphatic rings. The fourth-order valence-corrected chi connectivity index (χ4v) is 3.43. The Hall–Kier alpha value is -1.03. The van der Waals surface area contributed by atoms with E-state index in [4.69, 9.17) is 0 Å². The van der Waals surface area contributed by atoms with Gasteiger partial charge in [0.1, 0.15) is 5.75 Å². The Morgan fingerprint density at radius 2 is 2.26 bits per heavy atom. The molecule has 0 aromatic heterocycles. The molecule has 1 saturated carbocycles. The summed E-state index contributed by atoms with van der Waals surface area (Å²) in [6.45, 7) is 2.58. The SMILES string of the molecule is Cc1ccc(C(=O)NCC2CCCC(Br)C2)c(O)c1. The second-order valence-electron chi connectivity index (χ2n) is 5.36. The highest BCUT2D eigenvalue weighted by atomic mass is 79.9. The van der Waals surface area contributed by atoms with Crippen LogP contribution < -0.4 is 5.32 Å². The minimum Gasteiger partial charge on any atom is -0.507 e. The molecular formula is C15H20BrNO2. The average molecular weight is 326 g/mol. The van der Waals surface area contributed by atoms with Crippen molar-refractivity contribution in [2.24, 2.45) is 5.92 Å². The third kappa shape index (κ3) is 3.96. The topological polar surface area (TPSA) is 49.3 Å². The molecule has 1 amide bonds. The maximum atomic E-state index is 12.0. The van der Waals surface area contributed by atoms with Crippen molar-refractivity contribution in [2.75, 3.05) is 6.54 Å². The van der Waals surface area contributed by atoms with Crippen molar-refractivity contribution in [3.8, 4) is 5.75 Å². The zero-order valence-electron chi connectivity index (χ0n) is 11.2. The van der Waals surface area contributed by atoms with Crippen molar-refractivity contribution in [1.29, 1.82) is 0 Å². The van der Waals surface area contributed by atoms with Crippen molar-refractivity contribution in [3.05, 3.63) is 29.3 Å². The molecule has 2 atom stereocenters. The van der Waals surface area contributed by atoms with Crippen LogP contribution in [-0.2, 0) is 0 Å². The Morgan fingerprint density at radius 1 is 1.47 bits per heavy atom. The van der Waals surface area contributed by atoms with E-state index in [0.29, 0.717) is 22.9 Å². The number of benzene rings is 1. The Bertz CT molecular complexity index is 461. The van der Waals surface area contributed by atoms with Crippen molar-refractivity contribution >= 4 is 21.8 Å². The molecule has 2 N–H and O–H groups in total. The van der Waals surface area contributed by atoms with E-state index in [-0.39, 0.29) is 11.7 Å². The maximum Gasteiger partial charge on any atom is 0.255 e. The Kier molecular flexibility index (Phi) is 4.86. The number of alkyl halides is 1. The predicted octanol–water partition coefficient (Wildman–Crippen LogP) is 3.38. The molecule has 0 saturated heterocycles. The van der Waals surface area contributed by atoms with Crippen LogP contribution in [0.4, 0.5) is 0 Å². The summed E-state index contributed by atoms with van der Waals surface area (Å²) in [4.78, 5) is 12.6. The first kappa shape index (κ1) is 14.4. The molecule has 2 unspecified atom stereocenters. The molecule has 104 valence electrons. The van der Waals surface area contributed by atoms with Crippen molar-refractivity contribution in [1.82, 2.24) is 5.32 Å². The quantitative estimate of drug-likeness (QED) is 0.837. The van der Waals surface area contributed by atoms with Crippen LogP contribution in [0, 0.1) is 12.8 Å². The fourth-order valence-electron chi connectivity index (χ4n) is 2.58. The first-order chi connectivity index (χ1) is 9.06. The van der Waals surface area contributed by atoms with Gasteiger partial charge in [0.15, 0.2) is 0 Å². The molecular weight excluding hydrogens is 306 g/mol. The number of aromatic hydroxyl groups is 1. The second kappa shape index (κ2) is 6.42. The third-order valence-electron chi connectivity index (χ3n) is 3.67. The van der Waals surface area contributed by atoms with E-state index in [0.717, 1.165) is 12.0 Å². The molecule has 2 rings (SSSR count). The van der Waals surface area contributed by atoms with E-state index >= 15 is 0 Å². The Labute approximate surface area is 122 Å². The van der Waals surface area contributed by atoms with Crippen molar-refractivity contribution < 1.29 is 9.90 Å². The van der Waals surface area contributed by atoms with Crippen LogP contribution in [0.5, 0.6) is 5.75 Å². The van der Waals surface area contributed by atoms with Gasteiger partial charge in [-0.2, -0.15) is 0 Å². The van der Waals surface area contributed by atoms with Crippen LogP contribution in [0.15, 0.2) is 18.2 Å². The summed E-state index contributed by atoms with van der Waals surface area (Å²) in [7, 11) is 0. The summed E-state index contributed by atoms with van der Waals surface area (Å²) in [5, 5.41) is 12.7. The fraction of sp³-hybridized carbons (Fsp3) is 0.533. The van der Waals surface area contributed by atoms with Crippen molar-refractivity contribution in [2.45, 2.75) is 37.4 Å². The number of aryl methyl sites for hydroxylation is 1. The Morgan fingerprint density at radius 3 is 2.95 bits per heavy atom. The number of halogens is 1. The lowest BCUT2D eigenvalue weighted by Gasteiger charge is -2.25. The minimum absolute atomic E-state index is 0.0551. The van der Waals surface area contributed by atoms with Crippen LogP contribution in [-0.4, -0.2) is 22.4 Å². The summed E-state index contributed by atoms with van der Waals surface area (Å²) >= 11 is 3.65. The van der Waals surface area contributed by atoms with E-state index in [1.807, 2.05) is 13.0 Å². The number of phenolic OH excluding ortho intramolecular Hbond substituents is 1. The summed E-state index contributed by atoms with van der Waals surface area (Å²) in [5.41, 5.74) is 1.31. The molecule has 1 aromatic carbocycles. The third-order valence-corrected chi connectivity index (χ3v) is 4.50. The summed E-state index contributed by atoms with van der Waals surface area (Å²) < 4.78 is 0. The first-order valence-electron chi connectivity index (χ1n) is 6.78. The number of phenols is 1. The summed E-state index contributed by atoms with van der Waals surface area (Å²) in [5.74, 6) is 0.406. The van der Waals surface area contributed by atoms with Gasteiger partial charge in [0.2, 0.25) is 0 Å². The lowest BCUT2D eigenvalue weighted by molar-refractivity contribution is 0.0941. The second-order valence-corrected chi connectivity index (χ2v) is 6.66. The number of hydrogen-bond donors (Lipinski definition) is 2. The average Bonchev–Trinajstić information content (AvgIpc) is 2.36. The highest BCUT2D eigenvalue weighted by Gasteiger charge is 2.21. The van der Waals surface area contributed by atoms with E-state index < -0.39 is 0 Å². The number of rotatable bonds is 3. The first-order valence-corrected chi connectivity index (χ1v) is 7.69. The molecule has 0 spiro atoms. The van der Waals surface area contributed by atoms with Crippen LogP contribution in [0.25, 0.3) is 0 Å². The van der Waals surface area contributed by atoms with Gasteiger partial charge in [-0.05, 0) is 49.8 Å². The van der Waals surface area contributed by atoms with Gasteiger partial charge < -0.3 is 10.4 Å². The molecule has 0 heterocycles. The standard InChI is InChI=1S/C15H20BrNO2/c1-10-5-6-13(14(18)7-10)15(19)17-9-11-3-2-4-12(16)8-11/h5-7,11-12,18H,2-4,8-9H2,1H3,(H,17,19). The van der Waals surface area contributed by atoms with E-state index in [1.54, 1.807) is 12.1 Å². The van der Waals surface area contributed by atoms with E-state index in [1.165, 1.54) is 19.3 Å². The van der Waals surface area contributed by atoms with Crippen LogP contribution >= 0.6 is 15.9 Å². The molecule has 1 aliphatic carbocycles. The smallest absolute Gasteiger partial charge is 0.255 e. The molecule has 19 heavy (non-hydrogen) atoms. The highest BCUT2D eigenvalue weighted by Crippen LogP contribution is 2.28. The minimum atomic E-state index is -0.186. The lowest BCUT2D eigenvalue weighted by Crippen LogP contribution is -2.32. The van der Waals surface area contributed by atoms with Gasteiger partial charge in [-0.3, -0.25) is 4.79 Å². The molecule has 4 heteroatoms. The summed E-state index contributed by atoms with van der Waals surface area (Å²) in [6.07, 6.45) is 4.72. The van der Waals surface area contributed by atoms with E-state index in [2.05, 4.69) is 21.2 Å². The molecule has 0 radical (unpaired) electrons. The number of hydrogen-bond acceptors (Lipinski definition) is 2.